The Hall–Kier alpha value is -0.0800. The highest BCUT2D eigenvalue weighted by atomic mass is 15.1. The minimum absolute atomic E-state index is 0.690. The van der Waals surface area contributed by atoms with Crippen LogP contribution in [0, 0.1) is 5.92 Å². The van der Waals surface area contributed by atoms with E-state index in [4.69, 9.17) is 5.73 Å². The van der Waals surface area contributed by atoms with Crippen molar-refractivity contribution >= 4 is 0 Å². The van der Waals surface area contributed by atoms with E-state index >= 15 is 0 Å². The lowest BCUT2D eigenvalue weighted by Gasteiger charge is -2.27. The lowest BCUT2D eigenvalue weighted by molar-refractivity contribution is 0.206. The average Bonchev–Trinajstić information content (AvgIpc) is 2.42. The third-order valence-corrected chi connectivity index (χ3v) is 3.67. The molecule has 1 aliphatic rings. The van der Waals surface area contributed by atoms with Gasteiger partial charge in [0.25, 0.3) is 0 Å². The van der Waals surface area contributed by atoms with Gasteiger partial charge in [0.05, 0.1) is 0 Å². The van der Waals surface area contributed by atoms with Crippen LogP contribution >= 0.6 is 0 Å². The standard InChI is InChI=1S/C12H26N2/c1-3-12-5-4-9-14(10-7-12)11(2)6-8-13/h11-12H,3-10,13H2,1-2H3. The summed E-state index contributed by atoms with van der Waals surface area (Å²) >= 11 is 0. The predicted molar refractivity (Wildman–Crippen MR) is 62.3 cm³/mol. The van der Waals surface area contributed by atoms with Gasteiger partial charge in [-0.05, 0) is 58.2 Å². The Morgan fingerprint density at radius 1 is 1.36 bits per heavy atom. The molecule has 84 valence electrons. The third-order valence-electron chi connectivity index (χ3n) is 3.67. The zero-order chi connectivity index (χ0) is 10.4. The first-order valence-electron chi connectivity index (χ1n) is 6.22. The van der Waals surface area contributed by atoms with E-state index in [1.807, 2.05) is 0 Å². The Morgan fingerprint density at radius 2 is 2.14 bits per heavy atom. The number of hydrogen-bond acceptors (Lipinski definition) is 2. The van der Waals surface area contributed by atoms with Gasteiger partial charge in [-0.3, -0.25) is 0 Å². The van der Waals surface area contributed by atoms with E-state index in [1.54, 1.807) is 0 Å². The van der Waals surface area contributed by atoms with Gasteiger partial charge in [-0.1, -0.05) is 13.3 Å². The van der Waals surface area contributed by atoms with Gasteiger partial charge < -0.3 is 10.6 Å². The normalized spacial score (nSPS) is 27.2. The van der Waals surface area contributed by atoms with Crippen molar-refractivity contribution in [1.82, 2.24) is 4.90 Å². The minimum Gasteiger partial charge on any atom is -0.330 e. The Labute approximate surface area is 88.8 Å². The summed E-state index contributed by atoms with van der Waals surface area (Å²) in [5, 5.41) is 0. The van der Waals surface area contributed by atoms with E-state index in [-0.39, 0.29) is 0 Å². The van der Waals surface area contributed by atoms with Crippen molar-refractivity contribution in [3.63, 3.8) is 0 Å². The zero-order valence-electron chi connectivity index (χ0n) is 9.84. The molecule has 0 aliphatic carbocycles. The molecule has 2 heteroatoms. The molecule has 0 aromatic carbocycles. The van der Waals surface area contributed by atoms with Gasteiger partial charge in [0.15, 0.2) is 0 Å². The number of hydrogen-bond donors (Lipinski definition) is 1. The Balaban J connectivity index is 2.33. The van der Waals surface area contributed by atoms with Crippen LogP contribution < -0.4 is 5.73 Å². The highest BCUT2D eigenvalue weighted by Gasteiger charge is 2.18. The first-order chi connectivity index (χ1) is 6.77. The fraction of sp³-hybridized carbons (Fsp3) is 1.00. The average molecular weight is 198 g/mol. The van der Waals surface area contributed by atoms with E-state index < -0.39 is 0 Å². The minimum atomic E-state index is 0.690. The van der Waals surface area contributed by atoms with Crippen molar-refractivity contribution in [3.8, 4) is 0 Å². The molecule has 1 fully saturated rings. The van der Waals surface area contributed by atoms with Crippen LogP contribution in [0.4, 0.5) is 0 Å². The fourth-order valence-electron chi connectivity index (χ4n) is 2.46. The molecule has 2 unspecified atom stereocenters. The smallest absolute Gasteiger partial charge is 0.00789 e. The van der Waals surface area contributed by atoms with Gasteiger partial charge in [-0.15, -0.1) is 0 Å². The fourth-order valence-corrected chi connectivity index (χ4v) is 2.46. The largest absolute Gasteiger partial charge is 0.330 e. The van der Waals surface area contributed by atoms with Crippen molar-refractivity contribution < 1.29 is 0 Å². The maximum absolute atomic E-state index is 5.60. The summed E-state index contributed by atoms with van der Waals surface area (Å²) in [6.45, 7) is 8.05. The number of nitrogens with zero attached hydrogens (tertiary/aromatic N) is 1. The number of rotatable bonds is 4. The van der Waals surface area contributed by atoms with E-state index in [9.17, 15) is 0 Å². The predicted octanol–water partition coefficient (Wildman–Crippen LogP) is 2.24. The second-order valence-electron chi connectivity index (χ2n) is 4.67. The zero-order valence-corrected chi connectivity index (χ0v) is 9.84. The monoisotopic (exact) mass is 198 g/mol. The van der Waals surface area contributed by atoms with Crippen LogP contribution in [0.5, 0.6) is 0 Å². The van der Waals surface area contributed by atoms with Gasteiger partial charge in [0.1, 0.15) is 0 Å². The lowest BCUT2D eigenvalue weighted by atomic mass is 9.98. The van der Waals surface area contributed by atoms with Crippen LogP contribution in [0.3, 0.4) is 0 Å². The summed E-state index contributed by atoms with van der Waals surface area (Å²) in [5.74, 6) is 0.977. The molecule has 2 nitrogen and oxygen atoms in total. The molecule has 2 atom stereocenters. The summed E-state index contributed by atoms with van der Waals surface area (Å²) < 4.78 is 0. The van der Waals surface area contributed by atoms with E-state index in [1.165, 1.54) is 38.8 Å². The molecule has 0 bridgehead atoms. The van der Waals surface area contributed by atoms with Crippen molar-refractivity contribution in [1.29, 1.82) is 0 Å². The van der Waals surface area contributed by atoms with Crippen molar-refractivity contribution in [2.75, 3.05) is 19.6 Å². The molecule has 1 aliphatic heterocycles. The summed E-state index contributed by atoms with van der Waals surface area (Å²) in [6.07, 6.45) is 6.72. The number of nitrogens with two attached hydrogens (primary N) is 1. The van der Waals surface area contributed by atoms with Crippen LogP contribution in [0.25, 0.3) is 0 Å². The van der Waals surface area contributed by atoms with Gasteiger partial charge in [-0.2, -0.15) is 0 Å². The SMILES string of the molecule is CCC1CCCN(C(C)CCN)CC1. The van der Waals surface area contributed by atoms with Crippen molar-refractivity contribution in [3.05, 3.63) is 0 Å². The molecule has 1 saturated heterocycles. The summed E-state index contributed by atoms with van der Waals surface area (Å²) in [4.78, 5) is 2.63. The molecule has 0 spiro atoms. The third kappa shape index (κ3) is 3.58. The van der Waals surface area contributed by atoms with Crippen LogP contribution in [0.15, 0.2) is 0 Å². The van der Waals surface area contributed by atoms with E-state index in [0.29, 0.717) is 6.04 Å². The second-order valence-corrected chi connectivity index (χ2v) is 4.67. The van der Waals surface area contributed by atoms with Crippen LogP contribution in [0.1, 0.15) is 46.0 Å². The van der Waals surface area contributed by atoms with Crippen molar-refractivity contribution in [2.24, 2.45) is 11.7 Å². The Morgan fingerprint density at radius 3 is 2.79 bits per heavy atom. The van der Waals surface area contributed by atoms with Crippen LogP contribution in [-0.2, 0) is 0 Å². The maximum atomic E-state index is 5.60. The summed E-state index contributed by atoms with van der Waals surface area (Å²) in [7, 11) is 0. The van der Waals surface area contributed by atoms with Crippen LogP contribution in [0.2, 0.25) is 0 Å². The van der Waals surface area contributed by atoms with Crippen molar-refractivity contribution in [2.45, 2.75) is 52.0 Å². The molecule has 0 aromatic rings. The molecule has 0 saturated carbocycles. The molecule has 0 radical (unpaired) electrons. The highest BCUT2D eigenvalue weighted by molar-refractivity contribution is 4.73. The maximum Gasteiger partial charge on any atom is 0.00789 e. The van der Waals surface area contributed by atoms with Crippen LogP contribution in [-0.4, -0.2) is 30.6 Å². The van der Waals surface area contributed by atoms with E-state index in [0.717, 1.165) is 18.9 Å². The molecule has 0 amide bonds. The molecule has 2 N–H and O–H groups in total. The Kier molecular flexibility index (Phi) is 5.49. The second kappa shape index (κ2) is 6.41. The highest BCUT2D eigenvalue weighted by Crippen LogP contribution is 2.21. The van der Waals surface area contributed by atoms with E-state index in [2.05, 4.69) is 18.7 Å². The van der Waals surface area contributed by atoms with Gasteiger partial charge in [0, 0.05) is 6.04 Å². The molecule has 14 heavy (non-hydrogen) atoms. The molecule has 1 rings (SSSR count). The molecular formula is C12H26N2. The molecular weight excluding hydrogens is 172 g/mol. The Bertz CT molecular complexity index is 147. The summed E-state index contributed by atoms with van der Waals surface area (Å²) in [6, 6.07) is 0.690. The van der Waals surface area contributed by atoms with Gasteiger partial charge in [0.2, 0.25) is 0 Å². The lowest BCUT2D eigenvalue weighted by Crippen LogP contribution is -2.35. The van der Waals surface area contributed by atoms with Gasteiger partial charge >= 0.3 is 0 Å². The van der Waals surface area contributed by atoms with Gasteiger partial charge in [-0.25, -0.2) is 0 Å². The summed E-state index contributed by atoms with van der Waals surface area (Å²) in [5.41, 5.74) is 5.60. The first kappa shape index (κ1) is 12.0. The quantitative estimate of drug-likeness (QED) is 0.750. The topological polar surface area (TPSA) is 29.3 Å². The molecule has 0 aromatic heterocycles. The number of likely N-dealkylation sites (tertiary alicyclic amines) is 1. The first-order valence-corrected chi connectivity index (χ1v) is 6.22. The molecule has 1 heterocycles.